The lowest BCUT2D eigenvalue weighted by atomic mass is 10.1. The van der Waals surface area contributed by atoms with E-state index < -0.39 is 4.92 Å². The van der Waals surface area contributed by atoms with Crippen molar-refractivity contribution in [3.05, 3.63) is 39.9 Å². The second-order valence-corrected chi connectivity index (χ2v) is 3.74. The zero-order valence-corrected chi connectivity index (χ0v) is 9.92. The molecule has 0 fully saturated rings. The largest absolute Gasteiger partial charge is 0.348 e. The van der Waals surface area contributed by atoms with Gasteiger partial charge in [0.05, 0.1) is 17.4 Å². The molecule has 1 N–H and O–H groups in total. The summed E-state index contributed by atoms with van der Waals surface area (Å²) in [7, 11) is 0. The summed E-state index contributed by atoms with van der Waals surface area (Å²) in [6.45, 7) is 1.87. The summed E-state index contributed by atoms with van der Waals surface area (Å²) in [4.78, 5) is 21.7. The predicted octanol–water partition coefficient (Wildman–Crippen LogP) is 2.02. The molecule has 1 atom stereocenters. The van der Waals surface area contributed by atoms with Crippen molar-refractivity contribution >= 4 is 11.6 Å². The van der Waals surface area contributed by atoms with E-state index in [0.29, 0.717) is 12.0 Å². The molecule has 0 aliphatic rings. The fraction of sp³-hybridized carbons (Fsp3) is 0.333. The zero-order valence-electron chi connectivity index (χ0n) is 9.92. The molecular weight excluding hydrogens is 234 g/mol. The molecule has 94 valence electrons. The van der Waals surface area contributed by atoms with Crippen molar-refractivity contribution in [3.63, 3.8) is 0 Å². The average molecular weight is 247 g/mol. The Labute approximate surface area is 104 Å². The van der Waals surface area contributed by atoms with Crippen LogP contribution in [0.2, 0.25) is 0 Å². The number of nitrogens with one attached hydrogen (secondary N) is 1. The molecule has 0 radical (unpaired) electrons. The SMILES string of the molecule is CCC(CC#N)NC(=O)c1ccc([N+](=O)[O-])cc1. The monoisotopic (exact) mass is 247 g/mol. The number of rotatable bonds is 5. The maximum absolute atomic E-state index is 11.8. The third-order valence-corrected chi connectivity index (χ3v) is 2.51. The second-order valence-electron chi connectivity index (χ2n) is 3.74. The first-order chi connectivity index (χ1) is 8.58. The van der Waals surface area contributed by atoms with E-state index in [1.54, 1.807) is 0 Å². The van der Waals surface area contributed by atoms with Crippen molar-refractivity contribution < 1.29 is 9.72 Å². The number of nitro groups is 1. The molecule has 1 unspecified atom stereocenters. The maximum atomic E-state index is 11.8. The Bertz CT molecular complexity index is 476. The van der Waals surface area contributed by atoms with E-state index in [2.05, 4.69) is 5.32 Å². The Morgan fingerprint density at radius 1 is 1.50 bits per heavy atom. The third-order valence-electron chi connectivity index (χ3n) is 2.51. The molecule has 0 aliphatic carbocycles. The van der Waals surface area contributed by atoms with E-state index in [0.717, 1.165) is 0 Å². The van der Waals surface area contributed by atoms with E-state index in [1.807, 2.05) is 13.0 Å². The summed E-state index contributed by atoms with van der Waals surface area (Å²) in [5.41, 5.74) is 0.285. The van der Waals surface area contributed by atoms with Gasteiger partial charge in [0.25, 0.3) is 11.6 Å². The van der Waals surface area contributed by atoms with Gasteiger partial charge in [0, 0.05) is 23.7 Å². The minimum atomic E-state index is -0.522. The van der Waals surface area contributed by atoms with Gasteiger partial charge in [-0.3, -0.25) is 14.9 Å². The number of non-ortho nitro benzene ring substituents is 1. The van der Waals surface area contributed by atoms with E-state index in [-0.39, 0.29) is 24.1 Å². The Balaban J connectivity index is 2.72. The molecule has 0 bridgehead atoms. The number of nitriles is 1. The van der Waals surface area contributed by atoms with Crippen LogP contribution in [0.25, 0.3) is 0 Å². The van der Waals surface area contributed by atoms with Gasteiger partial charge >= 0.3 is 0 Å². The normalized spacial score (nSPS) is 11.3. The molecule has 0 aromatic heterocycles. The minimum absolute atomic E-state index is 0.0596. The van der Waals surface area contributed by atoms with Gasteiger partial charge in [-0.2, -0.15) is 5.26 Å². The van der Waals surface area contributed by atoms with Crippen molar-refractivity contribution in [2.24, 2.45) is 0 Å². The Morgan fingerprint density at radius 3 is 2.56 bits per heavy atom. The molecular formula is C12H13N3O3. The van der Waals surface area contributed by atoms with Gasteiger partial charge in [-0.05, 0) is 18.6 Å². The van der Waals surface area contributed by atoms with Gasteiger partial charge < -0.3 is 5.32 Å². The molecule has 1 amide bonds. The standard InChI is InChI=1S/C12H13N3O3/c1-2-10(7-8-13)14-12(16)9-3-5-11(6-4-9)15(17)18/h3-6,10H,2,7H2,1H3,(H,14,16). The summed E-state index contributed by atoms with van der Waals surface area (Å²) in [5.74, 6) is -0.327. The van der Waals surface area contributed by atoms with Crippen LogP contribution in [0.1, 0.15) is 30.1 Å². The van der Waals surface area contributed by atoms with Crippen LogP contribution >= 0.6 is 0 Å². The number of benzene rings is 1. The summed E-state index contributed by atoms with van der Waals surface area (Å²) in [6, 6.07) is 7.15. The van der Waals surface area contributed by atoms with Crippen molar-refractivity contribution in [3.8, 4) is 6.07 Å². The third kappa shape index (κ3) is 3.56. The Hall–Kier alpha value is -2.42. The lowest BCUT2D eigenvalue weighted by Gasteiger charge is -2.13. The number of carbonyl (C=O) groups is 1. The van der Waals surface area contributed by atoms with E-state index in [9.17, 15) is 14.9 Å². The fourth-order valence-electron chi connectivity index (χ4n) is 1.41. The Morgan fingerprint density at radius 2 is 2.11 bits per heavy atom. The van der Waals surface area contributed by atoms with Gasteiger partial charge in [-0.25, -0.2) is 0 Å². The first-order valence-corrected chi connectivity index (χ1v) is 5.50. The fourth-order valence-corrected chi connectivity index (χ4v) is 1.41. The summed E-state index contributed by atoms with van der Waals surface area (Å²) in [6.07, 6.45) is 0.904. The van der Waals surface area contributed by atoms with Gasteiger partial charge in [-0.1, -0.05) is 6.92 Å². The number of nitro benzene ring substituents is 1. The van der Waals surface area contributed by atoms with Crippen molar-refractivity contribution in [1.29, 1.82) is 5.26 Å². The van der Waals surface area contributed by atoms with Gasteiger partial charge in [0.2, 0.25) is 0 Å². The molecule has 6 nitrogen and oxygen atoms in total. The summed E-state index contributed by atoms with van der Waals surface area (Å²) >= 11 is 0. The molecule has 1 aromatic rings. The quantitative estimate of drug-likeness (QED) is 0.635. The van der Waals surface area contributed by atoms with Gasteiger partial charge in [0.15, 0.2) is 0 Å². The van der Waals surface area contributed by atoms with Crippen molar-refractivity contribution in [2.75, 3.05) is 0 Å². The van der Waals surface area contributed by atoms with Crippen LogP contribution < -0.4 is 5.32 Å². The van der Waals surface area contributed by atoms with Gasteiger partial charge in [-0.15, -0.1) is 0 Å². The molecule has 18 heavy (non-hydrogen) atoms. The van der Waals surface area contributed by atoms with E-state index in [4.69, 9.17) is 5.26 Å². The van der Waals surface area contributed by atoms with Crippen LogP contribution in [0.4, 0.5) is 5.69 Å². The minimum Gasteiger partial charge on any atom is -0.348 e. The number of hydrogen-bond acceptors (Lipinski definition) is 4. The lowest BCUT2D eigenvalue weighted by Crippen LogP contribution is -2.34. The van der Waals surface area contributed by atoms with Crippen LogP contribution in [-0.2, 0) is 0 Å². The molecule has 0 spiro atoms. The average Bonchev–Trinajstić information content (AvgIpc) is 2.38. The first kappa shape index (κ1) is 13.6. The molecule has 0 saturated carbocycles. The molecule has 1 aromatic carbocycles. The number of hydrogen-bond donors (Lipinski definition) is 1. The van der Waals surface area contributed by atoms with Crippen LogP contribution in [0.15, 0.2) is 24.3 Å². The highest BCUT2D eigenvalue weighted by Crippen LogP contribution is 2.12. The zero-order chi connectivity index (χ0) is 13.5. The lowest BCUT2D eigenvalue weighted by molar-refractivity contribution is -0.384. The van der Waals surface area contributed by atoms with E-state index in [1.165, 1.54) is 24.3 Å². The Kier molecular flexibility index (Phi) is 4.81. The van der Waals surface area contributed by atoms with Crippen LogP contribution in [0.5, 0.6) is 0 Å². The highest BCUT2D eigenvalue weighted by molar-refractivity contribution is 5.94. The first-order valence-electron chi connectivity index (χ1n) is 5.50. The molecule has 1 rings (SSSR count). The van der Waals surface area contributed by atoms with Gasteiger partial charge in [0.1, 0.15) is 0 Å². The van der Waals surface area contributed by atoms with Crippen LogP contribution in [0, 0.1) is 21.4 Å². The molecule has 0 aliphatic heterocycles. The molecule has 6 heteroatoms. The topological polar surface area (TPSA) is 96.0 Å². The van der Waals surface area contributed by atoms with Crippen LogP contribution in [0.3, 0.4) is 0 Å². The maximum Gasteiger partial charge on any atom is 0.269 e. The highest BCUT2D eigenvalue weighted by atomic mass is 16.6. The highest BCUT2D eigenvalue weighted by Gasteiger charge is 2.13. The number of carbonyl (C=O) groups excluding carboxylic acids is 1. The molecule has 0 heterocycles. The van der Waals surface area contributed by atoms with Crippen molar-refractivity contribution in [2.45, 2.75) is 25.8 Å². The number of nitrogens with zero attached hydrogens (tertiary/aromatic N) is 2. The van der Waals surface area contributed by atoms with Crippen LogP contribution in [-0.4, -0.2) is 16.9 Å². The molecule has 0 saturated heterocycles. The smallest absolute Gasteiger partial charge is 0.269 e. The summed E-state index contributed by atoms with van der Waals surface area (Å²) < 4.78 is 0. The summed E-state index contributed by atoms with van der Waals surface area (Å²) in [5, 5.41) is 21.7. The van der Waals surface area contributed by atoms with E-state index >= 15 is 0 Å². The predicted molar refractivity (Wildman–Crippen MR) is 64.9 cm³/mol. The number of amides is 1. The van der Waals surface area contributed by atoms with Crippen molar-refractivity contribution in [1.82, 2.24) is 5.32 Å². The second kappa shape index (κ2) is 6.35.